The lowest BCUT2D eigenvalue weighted by molar-refractivity contribution is 0.239. The molecule has 1 aliphatic heterocycles. The number of ether oxygens (including phenoxy) is 1. The number of nitrogens with zero attached hydrogens (tertiary/aromatic N) is 2. The number of oxazole rings is 1. The zero-order valence-corrected chi connectivity index (χ0v) is 15.9. The first-order valence-corrected chi connectivity index (χ1v) is 9.50. The lowest BCUT2D eigenvalue weighted by Crippen LogP contribution is -2.44. The number of fused-ring (bicyclic) bond motifs is 1. The van der Waals surface area contributed by atoms with Gasteiger partial charge in [0, 0.05) is 19.6 Å². The average molecular weight is 380 g/mol. The van der Waals surface area contributed by atoms with Crippen LogP contribution in [-0.2, 0) is 6.54 Å². The molecule has 2 N–H and O–H groups in total. The second kappa shape index (κ2) is 8.21. The number of urea groups is 1. The summed E-state index contributed by atoms with van der Waals surface area (Å²) < 4.78 is 11.0. The van der Waals surface area contributed by atoms with Crippen molar-refractivity contribution in [2.45, 2.75) is 25.4 Å². The van der Waals surface area contributed by atoms with E-state index in [2.05, 4.69) is 20.5 Å². The predicted octanol–water partition coefficient (Wildman–Crippen LogP) is 3.30. The Labute approximate surface area is 163 Å². The fourth-order valence-corrected chi connectivity index (χ4v) is 3.48. The van der Waals surface area contributed by atoms with Gasteiger partial charge in [-0.15, -0.1) is 0 Å². The molecule has 2 amide bonds. The van der Waals surface area contributed by atoms with Crippen molar-refractivity contribution in [1.29, 1.82) is 0 Å². The molecule has 1 saturated heterocycles. The predicted molar refractivity (Wildman–Crippen MR) is 108 cm³/mol. The van der Waals surface area contributed by atoms with Crippen LogP contribution < -0.4 is 20.3 Å². The van der Waals surface area contributed by atoms with E-state index in [0.717, 1.165) is 41.8 Å². The standard InChI is InChI=1S/C21H24N4O3/c1-27-17-10-8-15(9-11-17)13-22-20(26)23-14-16-5-4-12-25(16)21-24-18-6-2-3-7-19(18)28-21/h2-3,6-11,16H,4-5,12-14H2,1H3,(H2,22,23,26). The fourth-order valence-electron chi connectivity index (χ4n) is 3.48. The molecule has 1 fully saturated rings. The van der Waals surface area contributed by atoms with Gasteiger partial charge in [-0.2, -0.15) is 4.98 Å². The minimum Gasteiger partial charge on any atom is -0.497 e. The van der Waals surface area contributed by atoms with E-state index >= 15 is 0 Å². The van der Waals surface area contributed by atoms with Crippen molar-refractivity contribution in [3.05, 3.63) is 54.1 Å². The lowest BCUT2D eigenvalue weighted by Gasteiger charge is -2.23. The van der Waals surface area contributed by atoms with E-state index in [1.807, 2.05) is 48.5 Å². The molecule has 3 aromatic rings. The summed E-state index contributed by atoms with van der Waals surface area (Å²) in [6.07, 6.45) is 2.05. The van der Waals surface area contributed by atoms with E-state index in [9.17, 15) is 4.79 Å². The molecule has 1 aliphatic rings. The molecule has 0 spiro atoms. The second-order valence-electron chi connectivity index (χ2n) is 6.87. The van der Waals surface area contributed by atoms with Crippen LogP contribution >= 0.6 is 0 Å². The van der Waals surface area contributed by atoms with Crippen LogP contribution in [0.4, 0.5) is 10.8 Å². The maximum atomic E-state index is 12.2. The second-order valence-corrected chi connectivity index (χ2v) is 6.87. The van der Waals surface area contributed by atoms with E-state index in [4.69, 9.17) is 9.15 Å². The third-order valence-corrected chi connectivity index (χ3v) is 5.02. The van der Waals surface area contributed by atoms with Crippen LogP contribution in [0.1, 0.15) is 18.4 Å². The van der Waals surface area contributed by atoms with Crippen molar-refractivity contribution in [3.63, 3.8) is 0 Å². The van der Waals surface area contributed by atoms with Crippen LogP contribution in [-0.4, -0.2) is 37.3 Å². The number of benzene rings is 2. The van der Waals surface area contributed by atoms with E-state index in [-0.39, 0.29) is 12.1 Å². The average Bonchev–Trinajstić information content (AvgIpc) is 3.37. The number of para-hydroxylation sites is 2. The number of nitrogens with one attached hydrogen (secondary N) is 2. The summed E-state index contributed by atoms with van der Waals surface area (Å²) in [7, 11) is 1.63. The highest BCUT2D eigenvalue weighted by Crippen LogP contribution is 2.27. The van der Waals surface area contributed by atoms with Crippen LogP contribution in [0.2, 0.25) is 0 Å². The fraction of sp³-hybridized carbons (Fsp3) is 0.333. The molecule has 146 valence electrons. The Hall–Kier alpha value is -3.22. The molecule has 28 heavy (non-hydrogen) atoms. The Balaban J connectivity index is 1.30. The zero-order valence-electron chi connectivity index (χ0n) is 15.9. The van der Waals surface area contributed by atoms with Crippen molar-refractivity contribution in [2.24, 2.45) is 0 Å². The zero-order chi connectivity index (χ0) is 19.3. The number of anilines is 1. The molecule has 0 bridgehead atoms. The van der Waals surface area contributed by atoms with Gasteiger partial charge in [-0.1, -0.05) is 24.3 Å². The molecule has 1 aromatic heterocycles. The van der Waals surface area contributed by atoms with Crippen molar-refractivity contribution in [2.75, 3.05) is 25.1 Å². The van der Waals surface area contributed by atoms with Crippen molar-refractivity contribution in [1.82, 2.24) is 15.6 Å². The van der Waals surface area contributed by atoms with Gasteiger partial charge in [0.05, 0.1) is 13.2 Å². The molecule has 0 aliphatic carbocycles. The minimum atomic E-state index is -0.180. The first kappa shape index (κ1) is 18.2. The molecule has 4 rings (SSSR count). The molecule has 0 saturated carbocycles. The quantitative estimate of drug-likeness (QED) is 0.686. The van der Waals surface area contributed by atoms with Gasteiger partial charge in [-0.3, -0.25) is 0 Å². The number of amides is 2. The molecular weight excluding hydrogens is 356 g/mol. The summed E-state index contributed by atoms with van der Waals surface area (Å²) in [6, 6.07) is 16.0. The molecular formula is C21H24N4O3. The van der Waals surface area contributed by atoms with Crippen LogP contribution in [0.5, 0.6) is 5.75 Å². The van der Waals surface area contributed by atoms with Gasteiger partial charge in [-0.25, -0.2) is 4.79 Å². The van der Waals surface area contributed by atoms with Gasteiger partial charge in [0.1, 0.15) is 11.3 Å². The summed E-state index contributed by atoms with van der Waals surface area (Å²) >= 11 is 0. The number of aromatic nitrogens is 1. The highest BCUT2D eigenvalue weighted by atomic mass is 16.5. The largest absolute Gasteiger partial charge is 0.497 e. The molecule has 7 heteroatoms. The smallest absolute Gasteiger partial charge is 0.315 e. The third kappa shape index (κ3) is 4.03. The van der Waals surface area contributed by atoms with Crippen LogP contribution in [0.25, 0.3) is 11.1 Å². The Bertz CT molecular complexity index is 905. The summed E-state index contributed by atoms with van der Waals surface area (Å²) in [5.41, 5.74) is 2.66. The third-order valence-electron chi connectivity index (χ3n) is 5.02. The van der Waals surface area contributed by atoms with Crippen LogP contribution in [0, 0.1) is 0 Å². The van der Waals surface area contributed by atoms with Gasteiger partial charge in [-0.05, 0) is 42.7 Å². The number of carbonyl (C=O) groups is 1. The maximum Gasteiger partial charge on any atom is 0.315 e. The lowest BCUT2D eigenvalue weighted by atomic mass is 10.2. The highest BCUT2D eigenvalue weighted by Gasteiger charge is 2.28. The van der Waals surface area contributed by atoms with Gasteiger partial charge in [0.15, 0.2) is 5.58 Å². The highest BCUT2D eigenvalue weighted by molar-refractivity contribution is 5.75. The van der Waals surface area contributed by atoms with Gasteiger partial charge in [0.2, 0.25) is 0 Å². The summed E-state index contributed by atoms with van der Waals surface area (Å²) in [4.78, 5) is 18.9. The Morgan fingerprint density at radius 2 is 2.04 bits per heavy atom. The van der Waals surface area contributed by atoms with Gasteiger partial charge >= 0.3 is 6.03 Å². The maximum absolute atomic E-state index is 12.2. The molecule has 2 heterocycles. The summed E-state index contributed by atoms with van der Waals surface area (Å²) in [5.74, 6) is 0.800. The molecule has 0 radical (unpaired) electrons. The van der Waals surface area contributed by atoms with E-state index < -0.39 is 0 Å². The van der Waals surface area contributed by atoms with E-state index in [0.29, 0.717) is 19.1 Å². The number of methoxy groups -OCH3 is 1. The van der Waals surface area contributed by atoms with Crippen LogP contribution in [0.3, 0.4) is 0 Å². The first-order valence-electron chi connectivity index (χ1n) is 9.50. The van der Waals surface area contributed by atoms with Gasteiger partial charge < -0.3 is 24.7 Å². The first-order chi connectivity index (χ1) is 13.7. The monoisotopic (exact) mass is 380 g/mol. The number of carbonyl (C=O) groups excluding carboxylic acids is 1. The molecule has 2 aromatic carbocycles. The van der Waals surface area contributed by atoms with Crippen molar-refractivity contribution >= 4 is 23.1 Å². The summed E-state index contributed by atoms with van der Waals surface area (Å²) in [5, 5.41) is 5.85. The molecule has 7 nitrogen and oxygen atoms in total. The van der Waals surface area contributed by atoms with Crippen molar-refractivity contribution < 1.29 is 13.9 Å². The number of hydrogen-bond acceptors (Lipinski definition) is 5. The molecule has 1 unspecified atom stereocenters. The Kier molecular flexibility index (Phi) is 5.32. The van der Waals surface area contributed by atoms with E-state index in [1.54, 1.807) is 7.11 Å². The topological polar surface area (TPSA) is 79.6 Å². The van der Waals surface area contributed by atoms with E-state index in [1.165, 1.54) is 0 Å². The normalized spacial score (nSPS) is 16.3. The summed E-state index contributed by atoms with van der Waals surface area (Å²) in [6.45, 7) is 1.90. The van der Waals surface area contributed by atoms with Gasteiger partial charge in [0.25, 0.3) is 6.01 Å². The minimum absolute atomic E-state index is 0.180. The SMILES string of the molecule is COc1ccc(CNC(=O)NCC2CCCN2c2nc3ccccc3o2)cc1. The Morgan fingerprint density at radius 3 is 2.82 bits per heavy atom. The molecule has 1 atom stereocenters. The van der Waals surface area contributed by atoms with Crippen molar-refractivity contribution in [3.8, 4) is 5.75 Å². The number of hydrogen-bond donors (Lipinski definition) is 2. The number of rotatable bonds is 6. The van der Waals surface area contributed by atoms with Crippen LogP contribution in [0.15, 0.2) is 52.9 Å². The Morgan fingerprint density at radius 1 is 1.21 bits per heavy atom.